The van der Waals surface area contributed by atoms with Crippen molar-refractivity contribution in [1.82, 2.24) is 4.90 Å². The standard InChI is InChI=1S/C16H23N3O4/c17-16(21)7-6-12-3-2-8-18(10-12)11-15(20)13-4-1-5-14(9-13)19(22)23/h1,4-5,9,12,15,20H,2-3,6-8,10-11H2,(H2,17,21). The molecule has 1 aromatic carbocycles. The molecule has 1 aliphatic heterocycles. The fourth-order valence-electron chi connectivity index (χ4n) is 3.09. The summed E-state index contributed by atoms with van der Waals surface area (Å²) < 4.78 is 0. The SMILES string of the molecule is NC(=O)CCC1CCCN(CC(O)c2cccc([N+](=O)[O-])c2)C1. The van der Waals surface area contributed by atoms with E-state index in [4.69, 9.17) is 5.73 Å². The number of β-amino-alcohol motifs (C(OH)–C–C–N with tert-alkyl or cyclic N) is 1. The fourth-order valence-corrected chi connectivity index (χ4v) is 3.09. The van der Waals surface area contributed by atoms with Crippen LogP contribution in [0.1, 0.15) is 37.4 Å². The van der Waals surface area contributed by atoms with Gasteiger partial charge in [-0.05, 0) is 37.3 Å². The van der Waals surface area contributed by atoms with Crippen LogP contribution in [-0.2, 0) is 4.79 Å². The molecule has 0 aromatic heterocycles. The number of nitro benzene ring substituents is 1. The van der Waals surface area contributed by atoms with E-state index >= 15 is 0 Å². The Kier molecular flexibility index (Phi) is 6.06. The highest BCUT2D eigenvalue weighted by Gasteiger charge is 2.23. The number of nitro groups is 1. The third-order valence-electron chi connectivity index (χ3n) is 4.30. The van der Waals surface area contributed by atoms with Crippen molar-refractivity contribution >= 4 is 11.6 Å². The number of hydrogen-bond donors (Lipinski definition) is 2. The van der Waals surface area contributed by atoms with Gasteiger partial charge < -0.3 is 15.7 Å². The molecule has 0 aliphatic carbocycles. The highest BCUT2D eigenvalue weighted by molar-refractivity contribution is 5.73. The van der Waals surface area contributed by atoms with Gasteiger partial charge in [-0.2, -0.15) is 0 Å². The number of hydrogen-bond acceptors (Lipinski definition) is 5. The number of non-ortho nitro benzene ring substituents is 1. The Bertz CT molecular complexity index is 564. The second-order valence-corrected chi connectivity index (χ2v) is 6.14. The van der Waals surface area contributed by atoms with Gasteiger partial charge in [0.1, 0.15) is 0 Å². The Morgan fingerprint density at radius 1 is 1.52 bits per heavy atom. The van der Waals surface area contributed by atoms with E-state index in [1.807, 2.05) is 0 Å². The van der Waals surface area contributed by atoms with Crippen LogP contribution in [0.15, 0.2) is 24.3 Å². The van der Waals surface area contributed by atoms with Crippen LogP contribution in [0.2, 0.25) is 0 Å². The topological polar surface area (TPSA) is 110 Å². The number of rotatable bonds is 7. The first-order chi connectivity index (χ1) is 11.0. The third kappa shape index (κ3) is 5.30. The van der Waals surface area contributed by atoms with Gasteiger partial charge in [-0.1, -0.05) is 12.1 Å². The average Bonchev–Trinajstić information content (AvgIpc) is 2.53. The quantitative estimate of drug-likeness (QED) is 0.585. The number of nitrogens with two attached hydrogens (primary N) is 1. The second kappa shape index (κ2) is 8.03. The molecule has 7 nitrogen and oxygen atoms in total. The van der Waals surface area contributed by atoms with Gasteiger partial charge in [-0.3, -0.25) is 14.9 Å². The average molecular weight is 321 g/mol. The Labute approximate surface area is 135 Å². The van der Waals surface area contributed by atoms with Gasteiger partial charge in [0.15, 0.2) is 0 Å². The number of benzene rings is 1. The molecule has 2 unspecified atom stereocenters. The smallest absolute Gasteiger partial charge is 0.269 e. The predicted molar refractivity (Wildman–Crippen MR) is 85.6 cm³/mol. The third-order valence-corrected chi connectivity index (χ3v) is 4.30. The maximum absolute atomic E-state index is 10.9. The number of primary amides is 1. The zero-order valence-electron chi connectivity index (χ0n) is 13.1. The van der Waals surface area contributed by atoms with Crippen molar-refractivity contribution in [2.45, 2.75) is 31.8 Å². The second-order valence-electron chi connectivity index (χ2n) is 6.14. The molecule has 126 valence electrons. The largest absolute Gasteiger partial charge is 0.387 e. The molecule has 1 aromatic rings. The lowest BCUT2D eigenvalue weighted by Gasteiger charge is -2.33. The van der Waals surface area contributed by atoms with E-state index in [1.54, 1.807) is 12.1 Å². The maximum atomic E-state index is 10.9. The summed E-state index contributed by atoms with van der Waals surface area (Å²) in [7, 11) is 0. The van der Waals surface area contributed by atoms with E-state index in [0.29, 0.717) is 24.4 Å². The molecule has 2 rings (SSSR count). The van der Waals surface area contributed by atoms with Crippen LogP contribution in [0, 0.1) is 16.0 Å². The van der Waals surface area contributed by atoms with Crippen LogP contribution in [0.3, 0.4) is 0 Å². The summed E-state index contributed by atoms with van der Waals surface area (Å²) in [5.41, 5.74) is 5.73. The zero-order valence-corrected chi connectivity index (χ0v) is 13.1. The van der Waals surface area contributed by atoms with E-state index in [-0.39, 0.29) is 11.6 Å². The van der Waals surface area contributed by atoms with Crippen molar-refractivity contribution in [3.8, 4) is 0 Å². The molecule has 23 heavy (non-hydrogen) atoms. The molecule has 1 amide bonds. The highest BCUT2D eigenvalue weighted by atomic mass is 16.6. The van der Waals surface area contributed by atoms with Crippen LogP contribution < -0.4 is 5.73 Å². The van der Waals surface area contributed by atoms with Crippen molar-refractivity contribution in [2.75, 3.05) is 19.6 Å². The van der Waals surface area contributed by atoms with Crippen molar-refractivity contribution < 1.29 is 14.8 Å². The van der Waals surface area contributed by atoms with Gasteiger partial charge in [-0.15, -0.1) is 0 Å². The lowest BCUT2D eigenvalue weighted by molar-refractivity contribution is -0.385. The predicted octanol–water partition coefficient (Wildman–Crippen LogP) is 1.61. The molecule has 0 saturated carbocycles. The summed E-state index contributed by atoms with van der Waals surface area (Å²) in [6.07, 6.45) is 2.50. The van der Waals surface area contributed by atoms with Gasteiger partial charge >= 0.3 is 0 Å². The molecule has 0 bridgehead atoms. The maximum Gasteiger partial charge on any atom is 0.269 e. The molecule has 0 radical (unpaired) electrons. The highest BCUT2D eigenvalue weighted by Crippen LogP contribution is 2.24. The molecule has 7 heteroatoms. The summed E-state index contributed by atoms with van der Waals surface area (Å²) in [5, 5.41) is 21.2. The Balaban J connectivity index is 1.91. The summed E-state index contributed by atoms with van der Waals surface area (Å²) in [6.45, 7) is 2.15. The van der Waals surface area contributed by atoms with E-state index in [0.717, 1.165) is 32.4 Å². The molecular formula is C16H23N3O4. The Morgan fingerprint density at radius 3 is 3.00 bits per heavy atom. The summed E-state index contributed by atoms with van der Waals surface area (Å²) in [4.78, 5) is 23.4. The van der Waals surface area contributed by atoms with Crippen molar-refractivity contribution in [2.24, 2.45) is 11.7 Å². The summed E-state index contributed by atoms with van der Waals surface area (Å²) in [5.74, 6) is 0.132. The summed E-state index contributed by atoms with van der Waals surface area (Å²) >= 11 is 0. The minimum absolute atomic E-state index is 0.0143. The molecular weight excluding hydrogens is 298 g/mol. The lowest BCUT2D eigenvalue weighted by Crippen LogP contribution is -2.38. The molecule has 2 atom stereocenters. The number of aliphatic hydroxyl groups is 1. The number of likely N-dealkylation sites (tertiary alicyclic amines) is 1. The van der Waals surface area contributed by atoms with E-state index < -0.39 is 11.0 Å². The number of carbonyl (C=O) groups is 1. The van der Waals surface area contributed by atoms with E-state index in [2.05, 4.69) is 4.90 Å². The first-order valence-electron chi connectivity index (χ1n) is 7.89. The zero-order chi connectivity index (χ0) is 16.8. The number of nitrogens with zero attached hydrogens (tertiary/aromatic N) is 2. The van der Waals surface area contributed by atoms with E-state index in [1.165, 1.54) is 12.1 Å². The molecule has 1 aliphatic rings. The Hall–Kier alpha value is -1.99. The van der Waals surface area contributed by atoms with Gasteiger partial charge in [0.25, 0.3) is 5.69 Å². The van der Waals surface area contributed by atoms with Gasteiger partial charge in [-0.25, -0.2) is 0 Å². The van der Waals surface area contributed by atoms with Gasteiger partial charge in [0.2, 0.25) is 5.91 Å². The van der Waals surface area contributed by atoms with Crippen LogP contribution >= 0.6 is 0 Å². The van der Waals surface area contributed by atoms with Crippen molar-refractivity contribution in [3.63, 3.8) is 0 Å². The van der Waals surface area contributed by atoms with Crippen LogP contribution in [0.25, 0.3) is 0 Å². The Morgan fingerprint density at radius 2 is 2.30 bits per heavy atom. The summed E-state index contributed by atoms with van der Waals surface area (Å²) in [6, 6.07) is 6.12. The normalized spacial score (nSPS) is 20.1. The monoisotopic (exact) mass is 321 g/mol. The molecule has 1 heterocycles. The molecule has 1 fully saturated rings. The fraction of sp³-hybridized carbons (Fsp3) is 0.562. The minimum Gasteiger partial charge on any atom is -0.387 e. The van der Waals surface area contributed by atoms with Crippen molar-refractivity contribution in [1.29, 1.82) is 0 Å². The molecule has 0 spiro atoms. The van der Waals surface area contributed by atoms with Crippen LogP contribution in [-0.4, -0.2) is 40.5 Å². The molecule has 3 N–H and O–H groups in total. The van der Waals surface area contributed by atoms with Gasteiger partial charge in [0, 0.05) is 31.6 Å². The van der Waals surface area contributed by atoms with Crippen molar-refractivity contribution in [3.05, 3.63) is 39.9 Å². The molecule has 1 saturated heterocycles. The lowest BCUT2D eigenvalue weighted by atomic mass is 9.93. The number of amides is 1. The van der Waals surface area contributed by atoms with Crippen LogP contribution in [0.5, 0.6) is 0 Å². The van der Waals surface area contributed by atoms with Gasteiger partial charge in [0.05, 0.1) is 11.0 Å². The minimum atomic E-state index is -0.759. The van der Waals surface area contributed by atoms with E-state index in [9.17, 15) is 20.0 Å². The first kappa shape index (κ1) is 17.4. The number of aliphatic hydroxyl groups excluding tert-OH is 1. The number of piperidine rings is 1. The van der Waals surface area contributed by atoms with Crippen LogP contribution in [0.4, 0.5) is 5.69 Å². The number of carbonyl (C=O) groups excluding carboxylic acids is 1. The first-order valence-corrected chi connectivity index (χ1v) is 7.89.